The molecule has 24 heavy (non-hydrogen) atoms. The van der Waals surface area contributed by atoms with E-state index in [1.165, 1.54) is 43.1 Å². The Morgan fingerprint density at radius 1 is 1.29 bits per heavy atom. The van der Waals surface area contributed by atoms with Gasteiger partial charge in [-0.2, -0.15) is 0 Å². The highest BCUT2D eigenvalue weighted by molar-refractivity contribution is 5.84. The van der Waals surface area contributed by atoms with Crippen molar-refractivity contribution in [1.29, 1.82) is 0 Å². The summed E-state index contributed by atoms with van der Waals surface area (Å²) in [4.78, 5) is 15.8. The molecule has 3 nitrogen and oxygen atoms in total. The Morgan fingerprint density at radius 2 is 2.08 bits per heavy atom. The summed E-state index contributed by atoms with van der Waals surface area (Å²) in [5.41, 5.74) is 2.38. The summed E-state index contributed by atoms with van der Waals surface area (Å²) in [6.45, 7) is 5.18. The molecule has 1 aliphatic carbocycles. The Kier molecular flexibility index (Phi) is 5.60. The zero-order valence-electron chi connectivity index (χ0n) is 15.0. The van der Waals surface area contributed by atoms with Crippen LogP contribution >= 0.6 is 0 Å². The summed E-state index contributed by atoms with van der Waals surface area (Å²) in [6, 6.07) is 8.29. The van der Waals surface area contributed by atoms with Crippen LogP contribution in [-0.4, -0.2) is 17.4 Å². The van der Waals surface area contributed by atoms with Crippen molar-refractivity contribution < 1.29 is 4.79 Å². The number of H-pyrrole nitrogens is 1. The number of amides is 1. The number of aromatic nitrogens is 1. The van der Waals surface area contributed by atoms with Crippen LogP contribution < -0.4 is 5.32 Å². The predicted octanol–water partition coefficient (Wildman–Crippen LogP) is 4.68. The van der Waals surface area contributed by atoms with Gasteiger partial charge in [-0.15, -0.1) is 0 Å². The van der Waals surface area contributed by atoms with Crippen molar-refractivity contribution in [2.75, 3.05) is 6.54 Å². The lowest BCUT2D eigenvalue weighted by molar-refractivity contribution is -0.124. The third-order valence-corrected chi connectivity index (χ3v) is 5.68. The molecule has 0 unspecified atom stereocenters. The van der Waals surface area contributed by atoms with Gasteiger partial charge in [-0.25, -0.2) is 0 Å². The van der Waals surface area contributed by atoms with E-state index in [0.29, 0.717) is 5.92 Å². The third kappa shape index (κ3) is 4.00. The van der Waals surface area contributed by atoms with Crippen LogP contribution in [0.3, 0.4) is 0 Å². The van der Waals surface area contributed by atoms with Crippen molar-refractivity contribution in [3.05, 3.63) is 36.0 Å². The standard InChI is InChI=1S/C21H30N2O/c1-3-16-7-6-8-17(12-16)13-23-21(24)15(2)11-18-14-22-20-10-5-4-9-19(18)20/h4-5,9-10,14-17,22H,3,6-8,11-13H2,1-2H3,(H,23,24)/t15-,16-,17+/m0/s1. The summed E-state index contributed by atoms with van der Waals surface area (Å²) >= 11 is 0. The Hall–Kier alpha value is -1.77. The van der Waals surface area contributed by atoms with Gasteiger partial charge in [-0.3, -0.25) is 4.79 Å². The average Bonchev–Trinajstić information content (AvgIpc) is 3.03. The molecule has 0 radical (unpaired) electrons. The van der Waals surface area contributed by atoms with Gasteiger partial charge in [0.2, 0.25) is 5.91 Å². The summed E-state index contributed by atoms with van der Waals surface area (Å²) in [7, 11) is 0. The molecule has 1 aliphatic rings. The monoisotopic (exact) mass is 326 g/mol. The number of carbonyl (C=O) groups excluding carboxylic acids is 1. The number of hydrogen-bond donors (Lipinski definition) is 2. The first-order valence-corrected chi connectivity index (χ1v) is 9.50. The van der Waals surface area contributed by atoms with E-state index >= 15 is 0 Å². The minimum atomic E-state index is 0.00905. The van der Waals surface area contributed by atoms with Gasteiger partial charge in [0.15, 0.2) is 0 Å². The maximum Gasteiger partial charge on any atom is 0.223 e. The zero-order chi connectivity index (χ0) is 16.9. The van der Waals surface area contributed by atoms with E-state index in [1.54, 1.807) is 0 Å². The fourth-order valence-electron chi connectivity index (χ4n) is 4.10. The van der Waals surface area contributed by atoms with Crippen LogP contribution in [0.15, 0.2) is 30.5 Å². The maximum atomic E-state index is 12.5. The molecule has 1 aromatic heterocycles. The smallest absolute Gasteiger partial charge is 0.223 e. The number of hydrogen-bond acceptors (Lipinski definition) is 1. The van der Waals surface area contributed by atoms with Crippen LogP contribution in [-0.2, 0) is 11.2 Å². The predicted molar refractivity (Wildman–Crippen MR) is 99.9 cm³/mol. The zero-order valence-corrected chi connectivity index (χ0v) is 15.0. The first kappa shape index (κ1) is 17.1. The minimum Gasteiger partial charge on any atom is -0.361 e. The van der Waals surface area contributed by atoms with E-state index in [9.17, 15) is 4.79 Å². The lowest BCUT2D eigenvalue weighted by Gasteiger charge is -2.28. The highest BCUT2D eigenvalue weighted by Gasteiger charge is 2.22. The fourth-order valence-corrected chi connectivity index (χ4v) is 4.10. The van der Waals surface area contributed by atoms with Crippen molar-refractivity contribution in [2.24, 2.45) is 17.8 Å². The molecule has 3 heteroatoms. The lowest BCUT2D eigenvalue weighted by atomic mass is 9.80. The molecule has 1 amide bonds. The number of aromatic amines is 1. The molecule has 0 aliphatic heterocycles. The second kappa shape index (κ2) is 7.87. The van der Waals surface area contributed by atoms with E-state index in [2.05, 4.69) is 35.4 Å². The highest BCUT2D eigenvalue weighted by Crippen LogP contribution is 2.30. The van der Waals surface area contributed by atoms with Crippen molar-refractivity contribution in [3.8, 4) is 0 Å². The van der Waals surface area contributed by atoms with Crippen molar-refractivity contribution in [3.63, 3.8) is 0 Å². The van der Waals surface area contributed by atoms with Crippen LogP contribution in [0.1, 0.15) is 51.5 Å². The summed E-state index contributed by atoms with van der Waals surface area (Å²) < 4.78 is 0. The van der Waals surface area contributed by atoms with Gasteiger partial charge in [0.1, 0.15) is 0 Å². The molecule has 1 heterocycles. The first-order chi connectivity index (χ1) is 11.7. The van der Waals surface area contributed by atoms with Gasteiger partial charge < -0.3 is 10.3 Å². The van der Waals surface area contributed by atoms with Crippen LogP contribution in [0, 0.1) is 17.8 Å². The maximum absolute atomic E-state index is 12.5. The molecule has 3 atom stereocenters. The normalized spacial score (nSPS) is 22.4. The Balaban J connectivity index is 1.51. The molecule has 0 bridgehead atoms. The molecule has 130 valence electrons. The minimum absolute atomic E-state index is 0.00905. The van der Waals surface area contributed by atoms with Gasteiger partial charge in [-0.1, -0.05) is 51.3 Å². The molecule has 1 aromatic carbocycles. The molecule has 1 fully saturated rings. The van der Waals surface area contributed by atoms with Crippen LogP contribution in [0.4, 0.5) is 0 Å². The van der Waals surface area contributed by atoms with E-state index in [0.717, 1.165) is 24.4 Å². The molecule has 1 saturated carbocycles. The van der Waals surface area contributed by atoms with Crippen LogP contribution in [0.5, 0.6) is 0 Å². The van der Waals surface area contributed by atoms with Crippen LogP contribution in [0.2, 0.25) is 0 Å². The number of rotatable bonds is 6. The Morgan fingerprint density at radius 3 is 2.92 bits per heavy atom. The second-order valence-corrected chi connectivity index (χ2v) is 7.52. The molecule has 0 spiro atoms. The summed E-state index contributed by atoms with van der Waals surface area (Å²) in [5, 5.41) is 4.44. The molecule has 3 rings (SSSR count). The molecule has 2 N–H and O–H groups in total. The van der Waals surface area contributed by atoms with E-state index in [4.69, 9.17) is 0 Å². The van der Waals surface area contributed by atoms with Gasteiger partial charge >= 0.3 is 0 Å². The van der Waals surface area contributed by atoms with E-state index in [1.807, 2.05) is 19.2 Å². The summed E-state index contributed by atoms with van der Waals surface area (Å²) in [6.07, 6.45) is 9.37. The van der Waals surface area contributed by atoms with Gasteiger partial charge in [0.05, 0.1) is 0 Å². The Labute approximate surface area is 145 Å². The van der Waals surface area contributed by atoms with Crippen molar-refractivity contribution in [1.82, 2.24) is 10.3 Å². The first-order valence-electron chi connectivity index (χ1n) is 9.50. The topological polar surface area (TPSA) is 44.9 Å². The molecule has 2 aromatic rings. The van der Waals surface area contributed by atoms with Gasteiger partial charge in [0.25, 0.3) is 0 Å². The lowest BCUT2D eigenvalue weighted by Crippen LogP contribution is -2.35. The molecular weight excluding hydrogens is 296 g/mol. The number of para-hydroxylation sites is 1. The van der Waals surface area contributed by atoms with E-state index in [-0.39, 0.29) is 11.8 Å². The average molecular weight is 326 g/mol. The fraction of sp³-hybridized carbons (Fsp3) is 0.571. The van der Waals surface area contributed by atoms with Crippen LogP contribution in [0.25, 0.3) is 10.9 Å². The van der Waals surface area contributed by atoms with Gasteiger partial charge in [-0.05, 0) is 42.7 Å². The highest BCUT2D eigenvalue weighted by atomic mass is 16.1. The molecular formula is C21H30N2O. The second-order valence-electron chi connectivity index (χ2n) is 7.52. The number of nitrogens with one attached hydrogen (secondary N) is 2. The third-order valence-electron chi connectivity index (χ3n) is 5.68. The molecule has 0 saturated heterocycles. The summed E-state index contributed by atoms with van der Waals surface area (Å²) in [5.74, 6) is 1.74. The van der Waals surface area contributed by atoms with Crippen molar-refractivity contribution in [2.45, 2.75) is 52.4 Å². The number of benzene rings is 1. The van der Waals surface area contributed by atoms with E-state index < -0.39 is 0 Å². The van der Waals surface area contributed by atoms with Crippen molar-refractivity contribution >= 4 is 16.8 Å². The largest absolute Gasteiger partial charge is 0.361 e. The Bertz CT molecular complexity index is 675. The van der Waals surface area contributed by atoms with Gasteiger partial charge in [0, 0.05) is 29.6 Å². The quantitative estimate of drug-likeness (QED) is 0.795. The SMILES string of the molecule is CC[C@H]1CCC[C@@H](CNC(=O)[C@@H](C)Cc2c[nH]c3ccccc23)C1. The number of fused-ring (bicyclic) bond motifs is 1. The number of carbonyl (C=O) groups is 1.